The number of thioether (sulfide) groups is 1. The van der Waals surface area contributed by atoms with Gasteiger partial charge in [0.15, 0.2) is 0 Å². The first kappa shape index (κ1) is 29.4. The van der Waals surface area contributed by atoms with Gasteiger partial charge >= 0.3 is 0 Å². The second-order valence-corrected chi connectivity index (χ2v) is 12.0. The highest BCUT2D eigenvalue weighted by Crippen LogP contribution is 2.26. The van der Waals surface area contributed by atoms with Gasteiger partial charge in [-0.05, 0) is 55.7 Å². The first-order valence-electron chi connectivity index (χ1n) is 11.9. The quantitative estimate of drug-likeness (QED) is 0.272. The number of nitrogens with one attached hydrogen (secondary N) is 1. The van der Waals surface area contributed by atoms with Gasteiger partial charge < -0.3 is 10.2 Å². The smallest absolute Gasteiger partial charge is 0.243 e. The summed E-state index contributed by atoms with van der Waals surface area (Å²) >= 11 is 20.2. The number of benzene rings is 3. The van der Waals surface area contributed by atoms with Crippen molar-refractivity contribution in [2.24, 2.45) is 0 Å². The molecular weight excluding hydrogens is 547 g/mol. The van der Waals surface area contributed by atoms with Gasteiger partial charge in [-0.1, -0.05) is 89.4 Å². The van der Waals surface area contributed by atoms with Crippen molar-refractivity contribution >= 4 is 58.4 Å². The zero-order valence-electron chi connectivity index (χ0n) is 21.1. The van der Waals surface area contributed by atoms with Crippen LogP contribution >= 0.6 is 46.6 Å². The minimum atomic E-state index is -0.717. The van der Waals surface area contributed by atoms with E-state index in [0.29, 0.717) is 27.2 Å². The second-order valence-electron chi connectivity index (χ2n) is 9.79. The van der Waals surface area contributed by atoms with Crippen molar-refractivity contribution in [3.05, 3.63) is 105 Å². The van der Waals surface area contributed by atoms with Crippen LogP contribution < -0.4 is 5.32 Å². The van der Waals surface area contributed by atoms with Crippen molar-refractivity contribution in [3.8, 4) is 0 Å². The van der Waals surface area contributed by atoms with Gasteiger partial charge in [0.1, 0.15) is 6.04 Å². The van der Waals surface area contributed by atoms with Crippen LogP contribution in [-0.4, -0.2) is 34.0 Å². The Morgan fingerprint density at radius 1 is 0.892 bits per heavy atom. The summed E-state index contributed by atoms with van der Waals surface area (Å²) in [7, 11) is 0. The maximum absolute atomic E-state index is 13.7. The molecule has 0 aliphatic rings. The molecule has 0 heterocycles. The maximum Gasteiger partial charge on any atom is 0.243 e. The molecule has 0 bridgehead atoms. The van der Waals surface area contributed by atoms with E-state index in [2.05, 4.69) is 5.32 Å². The molecule has 0 spiro atoms. The molecule has 0 radical (unpaired) electrons. The molecule has 0 aromatic heterocycles. The third-order valence-electron chi connectivity index (χ3n) is 5.57. The molecule has 0 saturated carbocycles. The average Bonchev–Trinajstić information content (AvgIpc) is 2.83. The summed E-state index contributed by atoms with van der Waals surface area (Å²) in [5.74, 6) is 0.360. The van der Waals surface area contributed by atoms with Gasteiger partial charge in [-0.15, -0.1) is 11.8 Å². The van der Waals surface area contributed by atoms with Crippen molar-refractivity contribution in [2.75, 3.05) is 5.75 Å². The highest BCUT2D eigenvalue weighted by molar-refractivity contribution is 7.99. The number of rotatable bonds is 10. The molecule has 1 N–H and O–H groups in total. The highest BCUT2D eigenvalue weighted by Gasteiger charge is 2.32. The van der Waals surface area contributed by atoms with Gasteiger partial charge in [-0.2, -0.15) is 0 Å². The number of carbonyl (C=O) groups excluding carboxylic acids is 2. The molecule has 2 amide bonds. The lowest BCUT2D eigenvalue weighted by Gasteiger charge is -2.34. The van der Waals surface area contributed by atoms with Crippen molar-refractivity contribution in [2.45, 2.75) is 51.1 Å². The zero-order chi connectivity index (χ0) is 27.0. The van der Waals surface area contributed by atoms with Gasteiger partial charge in [0.25, 0.3) is 0 Å². The van der Waals surface area contributed by atoms with Gasteiger partial charge in [-0.3, -0.25) is 9.59 Å². The van der Waals surface area contributed by atoms with E-state index >= 15 is 0 Å². The maximum atomic E-state index is 13.7. The molecule has 0 unspecified atom stereocenters. The second kappa shape index (κ2) is 13.6. The number of nitrogens with zero attached hydrogens (tertiary/aromatic N) is 1. The highest BCUT2D eigenvalue weighted by atomic mass is 35.5. The van der Waals surface area contributed by atoms with E-state index in [4.69, 9.17) is 34.8 Å². The molecule has 0 aliphatic heterocycles. The van der Waals surface area contributed by atoms with E-state index in [0.717, 1.165) is 16.7 Å². The van der Waals surface area contributed by atoms with Crippen LogP contribution in [0, 0.1) is 0 Å². The lowest BCUT2D eigenvalue weighted by atomic mass is 10.0. The Morgan fingerprint density at radius 3 is 2.22 bits per heavy atom. The Morgan fingerprint density at radius 2 is 1.57 bits per heavy atom. The zero-order valence-corrected chi connectivity index (χ0v) is 24.2. The molecule has 1 atom stereocenters. The molecule has 196 valence electrons. The summed E-state index contributed by atoms with van der Waals surface area (Å²) in [6, 6.07) is 21.7. The van der Waals surface area contributed by atoms with E-state index in [1.165, 1.54) is 11.8 Å². The van der Waals surface area contributed by atoms with E-state index in [1.54, 1.807) is 23.1 Å². The van der Waals surface area contributed by atoms with Crippen LogP contribution in [0.5, 0.6) is 0 Å². The summed E-state index contributed by atoms with van der Waals surface area (Å²) in [6.45, 7) is 6.00. The van der Waals surface area contributed by atoms with Crippen LogP contribution in [0.2, 0.25) is 15.1 Å². The van der Waals surface area contributed by atoms with Crippen LogP contribution in [0.15, 0.2) is 72.8 Å². The minimum absolute atomic E-state index is 0.153. The molecule has 37 heavy (non-hydrogen) atoms. The average molecular weight is 578 g/mol. The van der Waals surface area contributed by atoms with Crippen LogP contribution in [0.4, 0.5) is 0 Å². The standard InChI is InChI=1S/C29H31Cl3N2O2S/c1-29(2,3)33-28(36)26(15-20-9-5-4-6-10-20)34(17-21-11-7-8-12-24(21)31)27(35)19-37-18-22-13-14-23(30)16-25(22)32/h4-14,16,26H,15,17-19H2,1-3H3,(H,33,36)/t26-/m1/s1. The summed E-state index contributed by atoms with van der Waals surface area (Å²) in [5, 5.41) is 4.74. The van der Waals surface area contributed by atoms with E-state index in [1.807, 2.05) is 75.4 Å². The van der Waals surface area contributed by atoms with Gasteiger partial charge in [0.05, 0.1) is 5.75 Å². The van der Waals surface area contributed by atoms with Crippen molar-refractivity contribution in [1.82, 2.24) is 10.2 Å². The SMILES string of the molecule is CC(C)(C)NC(=O)[C@@H](Cc1ccccc1)N(Cc1ccccc1Cl)C(=O)CSCc1ccc(Cl)cc1Cl. The van der Waals surface area contributed by atoms with Crippen molar-refractivity contribution in [1.29, 1.82) is 0 Å². The molecule has 4 nitrogen and oxygen atoms in total. The molecule has 8 heteroatoms. The normalized spacial score (nSPS) is 12.2. The Labute approximate surface area is 238 Å². The minimum Gasteiger partial charge on any atom is -0.350 e. The molecule has 3 aromatic rings. The first-order valence-corrected chi connectivity index (χ1v) is 14.2. The van der Waals surface area contributed by atoms with Crippen LogP contribution in [-0.2, 0) is 28.3 Å². The Hall–Kier alpha value is -2.18. The van der Waals surface area contributed by atoms with Crippen LogP contribution in [0.1, 0.15) is 37.5 Å². The summed E-state index contributed by atoms with van der Waals surface area (Å²) in [4.78, 5) is 28.9. The van der Waals surface area contributed by atoms with Crippen LogP contribution in [0.3, 0.4) is 0 Å². The number of amides is 2. The Balaban J connectivity index is 1.88. The van der Waals surface area contributed by atoms with E-state index in [9.17, 15) is 9.59 Å². The Kier molecular flexibility index (Phi) is 10.8. The van der Waals surface area contributed by atoms with E-state index in [-0.39, 0.29) is 24.1 Å². The van der Waals surface area contributed by atoms with Gasteiger partial charge in [0, 0.05) is 39.3 Å². The predicted octanol–water partition coefficient (Wildman–Crippen LogP) is 7.43. The third kappa shape index (κ3) is 9.26. The van der Waals surface area contributed by atoms with E-state index < -0.39 is 11.6 Å². The monoisotopic (exact) mass is 576 g/mol. The molecule has 3 aromatic carbocycles. The van der Waals surface area contributed by atoms with Gasteiger partial charge in [-0.25, -0.2) is 0 Å². The first-order chi connectivity index (χ1) is 17.5. The lowest BCUT2D eigenvalue weighted by molar-refractivity contribution is -0.140. The fraction of sp³-hybridized carbons (Fsp3) is 0.310. The molecule has 3 rings (SSSR count). The summed E-state index contributed by atoms with van der Waals surface area (Å²) < 4.78 is 0. The predicted molar refractivity (Wildman–Crippen MR) is 156 cm³/mol. The number of hydrogen-bond donors (Lipinski definition) is 1. The molecule has 0 fully saturated rings. The lowest BCUT2D eigenvalue weighted by Crippen LogP contribution is -2.54. The third-order valence-corrected chi connectivity index (χ3v) is 7.49. The molecular formula is C29H31Cl3N2O2S. The number of carbonyl (C=O) groups is 2. The number of hydrogen-bond acceptors (Lipinski definition) is 3. The number of halogens is 3. The molecule has 0 aliphatic carbocycles. The van der Waals surface area contributed by atoms with Crippen molar-refractivity contribution in [3.63, 3.8) is 0 Å². The largest absolute Gasteiger partial charge is 0.350 e. The Bertz CT molecular complexity index is 1220. The van der Waals surface area contributed by atoms with Crippen molar-refractivity contribution < 1.29 is 9.59 Å². The topological polar surface area (TPSA) is 49.4 Å². The fourth-order valence-electron chi connectivity index (χ4n) is 3.79. The summed E-state index contributed by atoms with van der Waals surface area (Å²) in [6.07, 6.45) is 0.382. The molecule has 0 saturated heterocycles. The van der Waals surface area contributed by atoms with Gasteiger partial charge in [0.2, 0.25) is 11.8 Å². The van der Waals surface area contributed by atoms with Crippen LogP contribution in [0.25, 0.3) is 0 Å². The fourth-order valence-corrected chi connectivity index (χ4v) is 5.45. The summed E-state index contributed by atoms with van der Waals surface area (Å²) in [5.41, 5.74) is 2.19.